The molecule has 2 aromatic carbocycles. The topological polar surface area (TPSA) is 79.6 Å². The van der Waals surface area contributed by atoms with Crippen molar-refractivity contribution in [2.75, 3.05) is 11.9 Å². The summed E-state index contributed by atoms with van der Waals surface area (Å²) in [6, 6.07) is 15.9. The number of sulfonamides is 1. The van der Waals surface area contributed by atoms with Crippen molar-refractivity contribution in [3.63, 3.8) is 0 Å². The van der Waals surface area contributed by atoms with E-state index in [2.05, 4.69) is 5.32 Å². The van der Waals surface area contributed by atoms with Gasteiger partial charge in [0.25, 0.3) is 0 Å². The van der Waals surface area contributed by atoms with E-state index in [9.17, 15) is 13.2 Å². The molecule has 1 N–H and O–H groups in total. The number of carbonyl (C=O) groups is 1. The predicted octanol–water partition coefficient (Wildman–Crippen LogP) is 4.54. The van der Waals surface area contributed by atoms with Crippen molar-refractivity contribution in [3.8, 4) is 0 Å². The average Bonchev–Trinajstić information content (AvgIpc) is 3.27. The lowest BCUT2D eigenvalue weighted by molar-refractivity contribution is -0.116. The number of para-hydroxylation sites is 1. The lowest BCUT2D eigenvalue weighted by Crippen LogP contribution is -2.37. The molecule has 0 radical (unpaired) electrons. The Morgan fingerprint density at radius 1 is 0.968 bits per heavy atom. The number of nitrogens with one attached hydrogen (secondary N) is 1. The fourth-order valence-electron chi connectivity index (χ4n) is 3.40. The molecule has 0 spiro atoms. The van der Waals surface area contributed by atoms with E-state index in [4.69, 9.17) is 4.42 Å². The Morgan fingerprint density at radius 3 is 2.16 bits per heavy atom. The van der Waals surface area contributed by atoms with Gasteiger partial charge in [-0.3, -0.25) is 4.79 Å². The van der Waals surface area contributed by atoms with Crippen LogP contribution in [0.3, 0.4) is 0 Å². The summed E-state index contributed by atoms with van der Waals surface area (Å²) in [5.41, 5.74) is 3.76. The molecule has 1 heterocycles. The normalized spacial score (nSPS) is 11.6. The summed E-state index contributed by atoms with van der Waals surface area (Å²) in [6.07, 6.45) is 3.01. The monoisotopic (exact) mass is 440 g/mol. The smallest absolute Gasteiger partial charge is 0.243 e. The van der Waals surface area contributed by atoms with Gasteiger partial charge in [0.2, 0.25) is 15.9 Å². The largest absolute Gasteiger partial charge is 0.468 e. The summed E-state index contributed by atoms with van der Waals surface area (Å²) in [6.45, 7) is 5.58. The number of carbonyl (C=O) groups excluding carboxylic acids is 1. The van der Waals surface area contributed by atoms with Gasteiger partial charge in [0.05, 0.1) is 24.2 Å². The highest BCUT2D eigenvalue weighted by Crippen LogP contribution is 2.24. The summed E-state index contributed by atoms with van der Waals surface area (Å²) >= 11 is 0. The van der Waals surface area contributed by atoms with Crippen molar-refractivity contribution in [2.45, 2.75) is 45.1 Å². The number of furan rings is 1. The number of anilines is 1. The summed E-state index contributed by atoms with van der Waals surface area (Å²) in [5.74, 6) is 0.0736. The molecule has 0 aliphatic rings. The molecule has 0 saturated carbocycles. The van der Waals surface area contributed by atoms with Crippen LogP contribution in [0, 0.1) is 6.92 Å². The van der Waals surface area contributed by atoms with Gasteiger partial charge in [-0.25, -0.2) is 8.42 Å². The minimum absolute atomic E-state index is 0.0350. The van der Waals surface area contributed by atoms with Crippen LogP contribution in [-0.4, -0.2) is 25.2 Å². The van der Waals surface area contributed by atoms with Crippen molar-refractivity contribution < 1.29 is 17.6 Å². The molecule has 0 bridgehead atoms. The number of hydrogen-bond acceptors (Lipinski definition) is 4. The predicted molar refractivity (Wildman–Crippen MR) is 121 cm³/mol. The first-order valence-corrected chi connectivity index (χ1v) is 11.8. The van der Waals surface area contributed by atoms with Crippen LogP contribution < -0.4 is 5.32 Å². The van der Waals surface area contributed by atoms with E-state index in [1.807, 2.05) is 39.0 Å². The van der Waals surface area contributed by atoms with E-state index in [0.29, 0.717) is 5.76 Å². The van der Waals surface area contributed by atoms with Gasteiger partial charge in [-0.05, 0) is 55.2 Å². The lowest BCUT2D eigenvalue weighted by Gasteiger charge is -2.22. The van der Waals surface area contributed by atoms with E-state index in [1.54, 1.807) is 36.4 Å². The molecule has 31 heavy (non-hydrogen) atoms. The highest BCUT2D eigenvalue weighted by molar-refractivity contribution is 7.89. The summed E-state index contributed by atoms with van der Waals surface area (Å²) in [4.78, 5) is 13.1. The second-order valence-electron chi connectivity index (χ2n) is 7.37. The third-order valence-electron chi connectivity index (χ3n) is 5.15. The van der Waals surface area contributed by atoms with E-state index < -0.39 is 15.9 Å². The fourth-order valence-corrected chi connectivity index (χ4v) is 4.77. The van der Waals surface area contributed by atoms with Gasteiger partial charge in [0, 0.05) is 5.69 Å². The highest BCUT2D eigenvalue weighted by atomic mass is 32.2. The quantitative estimate of drug-likeness (QED) is 0.530. The third-order valence-corrected chi connectivity index (χ3v) is 6.96. The van der Waals surface area contributed by atoms with Crippen molar-refractivity contribution in [2.24, 2.45) is 0 Å². The molecule has 0 fully saturated rings. The number of hydrogen-bond donors (Lipinski definition) is 1. The first-order chi connectivity index (χ1) is 14.8. The Kier molecular flexibility index (Phi) is 7.30. The number of amides is 1. The first-order valence-electron chi connectivity index (χ1n) is 10.3. The standard InChI is InChI=1S/C24H28N2O4S/c1-4-19-8-6-9-20(5-2)24(19)25-23(27)17-26(16-21-10-7-15-30-21)31(28,29)22-13-11-18(3)12-14-22/h6-15H,4-5,16-17H2,1-3H3,(H,25,27). The van der Waals surface area contributed by atoms with Crippen LogP contribution in [0.4, 0.5) is 5.69 Å². The van der Waals surface area contributed by atoms with Gasteiger partial charge in [0.1, 0.15) is 5.76 Å². The summed E-state index contributed by atoms with van der Waals surface area (Å²) < 4.78 is 33.1. The van der Waals surface area contributed by atoms with Crippen molar-refractivity contribution >= 4 is 21.6 Å². The summed E-state index contributed by atoms with van der Waals surface area (Å²) in [7, 11) is -3.90. The maximum atomic E-state index is 13.3. The fraction of sp³-hybridized carbons (Fsp3) is 0.292. The van der Waals surface area contributed by atoms with Crippen LogP contribution >= 0.6 is 0 Å². The van der Waals surface area contributed by atoms with E-state index in [-0.39, 0.29) is 18.0 Å². The second kappa shape index (κ2) is 9.94. The van der Waals surface area contributed by atoms with Gasteiger partial charge in [-0.15, -0.1) is 0 Å². The van der Waals surface area contributed by atoms with Crippen molar-refractivity contribution in [1.82, 2.24) is 4.31 Å². The van der Waals surface area contributed by atoms with Crippen LogP contribution in [0.1, 0.15) is 36.3 Å². The van der Waals surface area contributed by atoms with Crippen LogP contribution in [0.5, 0.6) is 0 Å². The highest BCUT2D eigenvalue weighted by Gasteiger charge is 2.28. The molecule has 0 unspecified atom stereocenters. The van der Waals surface area contributed by atoms with E-state index in [1.165, 1.54) is 6.26 Å². The van der Waals surface area contributed by atoms with E-state index in [0.717, 1.165) is 39.5 Å². The Morgan fingerprint density at radius 2 is 1.61 bits per heavy atom. The third kappa shape index (κ3) is 5.42. The molecule has 0 atom stereocenters. The molecule has 6 nitrogen and oxygen atoms in total. The van der Waals surface area contributed by atoms with Gasteiger partial charge >= 0.3 is 0 Å². The molecular formula is C24H28N2O4S. The average molecular weight is 441 g/mol. The Bertz CT molecular complexity index is 1100. The zero-order valence-electron chi connectivity index (χ0n) is 18.1. The van der Waals surface area contributed by atoms with Gasteiger partial charge in [-0.2, -0.15) is 4.31 Å². The van der Waals surface area contributed by atoms with Crippen LogP contribution in [0.2, 0.25) is 0 Å². The number of rotatable bonds is 9. The van der Waals surface area contributed by atoms with Gasteiger partial charge in [0.15, 0.2) is 0 Å². The Balaban J connectivity index is 1.89. The van der Waals surface area contributed by atoms with Crippen molar-refractivity contribution in [1.29, 1.82) is 0 Å². The summed E-state index contributed by atoms with van der Waals surface area (Å²) in [5, 5.41) is 2.95. The molecule has 0 aliphatic carbocycles. The molecule has 1 aromatic heterocycles. The van der Waals surface area contributed by atoms with Crippen LogP contribution in [-0.2, 0) is 34.2 Å². The van der Waals surface area contributed by atoms with Crippen molar-refractivity contribution in [3.05, 3.63) is 83.3 Å². The second-order valence-corrected chi connectivity index (χ2v) is 9.31. The number of aryl methyl sites for hydroxylation is 3. The van der Waals surface area contributed by atoms with Crippen LogP contribution in [0.15, 0.2) is 70.2 Å². The molecule has 164 valence electrons. The molecule has 3 aromatic rings. The molecule has 3 rings (SSSR count). The molecule has 1 amide bonds. The van der Waals surface area contributed by atoms with Gasteiger partial charge in [-0.1, -0.05) is 49.7 Å². The lowest BCUT2D eigenvalue weighted by atomic mass is 10.0. The minimum atomic E-state index is -3.90. The zero-order valence-corrected chi connectivity index (χ0v) is 18.9. The molecular weight excluding hydrogens is 412 g/mol. The van der Waals surface area contributed by atoms with E-state index >= 15 is 0 Å². The Hall–Kier alpha value is -2.90. The number of benzene rings is 2. The zero-order chi connectivity index (χ0) is 22.4. The first kappa shape index (κ1) is 22.8. The molecule has 0 saturated heterocycles. The minimum Gasteiger partial charge on any atom is -0.468 e. The molecule has 0 aliphatic heterocycles. The number of nitrogens with zero attached hydrogens (tertiary/aromatic N) is 1. The molecule has 7 heteroatoms. The Labute approximate surface area is 183 Å². The van der Waals surface area contributed by atoms with Crippen LogP contribution in [0.25, 0.3) is 0 Å². The van der Waals surface area contributed by atoms with Gasteiger partial charge < -0.3 is 9.73 Å². The maximum Gasteiger partial charge on any atom is 0.243 e. The SMILES string of the molecule is CCc1cccc(CC)c1NC(=O)CN(Cc1ccco1)S(=O)(=O)c1ccc(C)cc1. The maximum absolute atomic E-state index is 13.3.